The Balaban J connectivity index is 2.05. The van der Waals surface area contributed by atoms with E-state index in [9.17, 15) is 4.79 Å². The van der Waals surface area contributed by atoms with Crippen molar-refractivity contribution in [3.05, 3.63) is 23.9 Å². The Morgan fingerprint density at radius 1 is 1.56 bits per heavy atom. The highest BCUT2D eigenvalue weighted by Gasteiger charge is 2.23. The number of aromatic nitrogens is 1. The molecule has 1 aromatic rings. The van der Waals surface area contributed by atoms with Gasteiger partial charge in [-0.15, -0.1) is 0 Å². The molecule has 4 heteroatoms. The first-order valence-corrected chi connectivity index (χ1v) is 6.67. The van der Waals surface area contributed by atoms with Crippen LogP contribution in [-0.4, -0.2) is 35.9 Å². The fourth-order valence-corrected chi connectivity index (χ4v) is 2.43. The fraction of sp³-hybridized carbons (Fsp3) is 0.571. The van der Waals surface area contributed by atoms with Gasteiger partial charge in [-0.05, 0) is 30.9 Å². The van der Waals surface area contributed by atoms with Crippen molar-refractivity contribution in [3.63, 3.8) is 0 Å². The van der Waals surface area contributed by atoms with Crippen LogP contribution in [0.4, 0.5) is 5.82 Å². The molecule has 1 saturated heterocycles. The lowest BCUT2D eigenvalue weighted by Gasteiger charge is -2.32. The van der Waals surface area contributed by atoms with Crippen LogP contribution >= 0.6 is 0 Å². The largest absolute Gasteiger partial charge is 0.373 e. The Bertz CT molecular complexity index is 402. The predicted molar refractivity (Wildman–Crippen MR) is 72.7 cm³/mol. The normalized spacial score (nSPS) is 19.7. The van der Waals surface area contributed by atoms with Crippen LogP contribution in [0.2, 0.25) is 0 Å². The molecule has 4 nitrogen and oxygen atoms in total. The number of anilines is 1. The van der Waals surface area contributed by atoms with Gasteiger partial charge in [0.2, 0.25) is 0 Å². The summed E-state index contributed by atoms with van der Waals surface area (Å²) in [6, 6.07) is 3.69. The Kier molecular flexibility index (Phi) is 4.18. The third-order valence-corrected chi connectivity index (χ3v) is 3.65. The van der Waals surface area contributed by atoms with Crippen LogP contribution < -0.4 is 5.32 Å². The van der Waals surface area contributed by atoms with Gasteiger partial charge in [-0.2, -0.15) is 0 Å². The summed E-state index contributed by atoms with van der Waals surface area (Å²) in [5.41, 5.74) is 0.686. The van der Waals surface area contributed by atoms with E-state index >= 15 is 0 Å². The predicted octanol–water partition coefficient (Wildman–Crippen LogP) is 2.39. The highest BCUT2D eigenvalue weighted by molar-refractivity contribution is 5.94. The Morgan fingerprint density at radius 3 is 3.00 bits per heavy atom. The molecule has 98 valence electrons. The van der Waals surface area contributed by atoms with E-state index in [1.54, 1.807) is 6.20 Å². The summed E-state index contributed by atoms with van der Waals surface area (Å²) in [6.45, 7) is 3.97. The van der Waals surface area contributed by atoms with E-state index in [4.69, 9.17) is 0 Å². The molecule has 2 rings (SSSR count). The molecule has 1 amide bonds. The maximum absolute atomic E-state index is 12.3. The second-order valence-corrected chi connectivity index (χ2v) is 4.85. The minimum absolute atomic E-state index is 0.114. The van der Waals surface area contributed by atoms with Gasteiger partial charge in [-0.1, -0.05) is 13.3 Å². The zero-order valence-electron chi connectivity index (χ0n) is 11.1. The molecule has 2 heterocycles. The summed E-state index contributed by atoms with van der Waals surface area (Å²) >= 11 is 0. The first-order valence-electron chi connectivity index (χ1n) is 6.67. The number of hydrogen-bond donors (Lipinski definition) is 1. The lowest BCUT2D eigenvalue weighted by Crippen LogP contribution is -2.39. The van der Waals surface area contributed by atoms with E-state index in [-0.39, 0.29) is 5.91 Å². The van der Waals surface area contributed by atoms with Crippen LogP contribution in [0.15, 0.2) is 18.3 Å². The van der Waals surface area contributed by atoms with Crippen molar-refractivity contribution >= 4 is 11.7 Å². The van der Waals surface area contributed by atoms with Crippen molar-refractivity contribution in [2.24, 2.45) is 5.92 Å². The van der Waals surface area contributed by atoms with Crippen LogP contribution in [0.1, 0.15) is 36.5 Å². The molecule has 0 radical (unpaired) electrons. The van der Waals surface area contributed by atoms with Crippen molar-refractivity contribution in [2.75, 3.05) is 25.5 Å². The number of carbonyl (C=O) groups excluding carboxylic acids is 1. The number of nitrogens with one attached hydrogen (secondary N) is 1. The summed E-state index contributed by atoms with van der Waals surface area (Å²) in [4.78, 5) is 18.5. The van der Waals surface area contributed by atoms with E-state index in [2.05, 4.69) is 17.2 Å². The molecule has 0 bridgehead atoms. The van der Waals surface area contributed by atoms with Crippen molar-refractivity contribution < 1.29 is 4.79 Å². The van der Waals surface area contributed by atoms with E-state index in [1.807, 2.05) is 24.1 Å². The topological polar surface area (TPSA) is 45.2 Å². The Hall–Kier alpha value is -1.58. The molecule has 1 atom stereocenters. The lowest BCUT2D eigenvalue weighted by molar-refractivity contribution is 0.0671. The van der Waals surface area contributed by atoms with Gasteiger partial charge in [0.15, 0.2) is 0 Å². The minimum atomic E-state index is 0.114. The van der Waals surface area contributed by atoms with Gasteiger partial charge in [-0.25, -0.2) is 4.98 Å². The second-order valence-electron chi connectivity index (χ2n) is 4.85. The zero-order valence-corrected chi connectivity index (χ0v) is 11.1. The van der Waals surface area contributed by atoms with E-state index in [0.717, 1.165) is 31.7 Å². The molecule has 0 saturated carbocycles. The molecule has 0 aliphatic carbocycles. The van der Waals surface area contributed by atoms with Crippen LogP contribution in [0.25, 0.3) is 0 Å². The van der Waals surface area contributed by atoms with Gasteiger partial charge >= 0.3 is 0 Å². The van der Waals surface area contributed by atoms with Crippen LogP contribution in [0.3, 0.4) is 0 Å². The summed E-state index contributed by atoms with van der Waals surface area (Å²) in [6.07, 6.45) is 5.17. The number of hydrogen-bond acceptors (Lipinski definition) is 3. The third kappa shape index (κ3) is 2.81. The molecule has 0 aromatic carbocycles. The van der Waals surface area contributed by atoms with Crippen molar-refractivity contribution in [1.29, 1.82) is 0 Å². The standard InChI is InChI=1S/C14H21N3O/c1-3-11-5-4-8-17(10-11)14(18)12-6-7-13(15-2)16-9-12/h6-7,9,11H,3-5,8,10H2,1-2H3,(H,15,16). The van der Waals surface area contributed by atoms with Gasteiger partial charge < -0.3 is 10.2 Å². The van der Waals surface area contributed by atoms with Gasteiger partial charge in [-0.3, -0.25) is 4.79 Å². The Morgan fingerprint density at radius 2 is 2.39 bits per heavy atom. The molecule has 1 N–H and O–H groups in total. The minimum Gasteiger partial charge on any atom is -0.373 e. The number of nitrogens with zero attached hydrogens (tertiary/aromatic N) is 2. The van der Waals surface area contributed by atoms with Gasteiger partial charge in [0.05, 0.1) is 5.56 Å². The number of rotatable bonds is 3. The van der Waals surface area contributed by atoms with Crippen LogP contribution in [0.5, 0.6) is 0 Å². The molecule has 18 heavy (non-hydrogen) atoms. The van der Waals surface area contributed by atoms with E-state index < -0.39 is 0 Å². The molecular formula is C14H21N3O. The third-order valence-electron chi connectivity index (χ3n) is 3.65. The first kappa shape index (κ1) is 12.9. The molecule has 1 aliphatic rings. The highest BCUT2D eigenvalue weighted by Crippen LogP contribution is 2.20. The highest BCUT2D eigenvalue weighted by atomic mass is 16.2. The van der Waals surface area contributed by atoms with E-state index in [0.29, 0.717) is 11.5 Å². The number of likely N-dealkylation sites (tertiary alicyclic amines) is 1. The molecular weight excluding hydrogens is 226 g/mol. The smallest absolute Gasteiger partial charge is 0.255 e. The van der Waals surface area contributed by atoms with Crippen molar-refractivity contribution in [1.82, 2.24) is 9.88 Å². The quantitative estimate of drug-likeness (QED) is 0.892. The SMILES string of the molecule is CCC1CCCN(C(=O)c2ccc(NC)nc2)C1. The summed E-state index contributed by atoms with van der Waals surface area (Å²) in [7, 11) is 1.82. The molecule has 1 fully saturated rings. The lowest BCUT2D eigenvalue weighted by atomic mass is 9.95. The fourth-order valence-electron chi connectivity index (χ4n) is 2.43. The summed E-state index contributed by atoms with van der Waals surface area (Å²) in [5, 5.41) is 2.95. The van der Waals surface area contributed by atoms with Crippen LogP contribution in [0, 0.1) is 5.92 Å². The number of amides is 1. The number of pyridine rings is 1. The maximum atomic E-state index is 12.3. The van der Waals surface area contributed by atoms with Gasteiger partial charge in [0.1, 0.15) is 5.82 Å². The number of carbonyl (C=O) groups is 1. The summed E-state index contributed by atoms with van der Waals surface area (Å²) in [5.74, 6) is 1.56. The molecule has 0 spiro atoms. The maximum Gasteiger partial charge on any atom is 0.255 e. The molecule has 1 aliphatic heterocycles. The average Bonchev–Trinajstić information content (AvgIpc) is 2.46. The van der Waals surface area contributed by atoms with E-state index in [1.165, 1.54) is 6.42 Å². The van der Waals surface area contributed by atoms with Crippen molar-refractivity contribution in [2.45, 2.75) is 26.2 Å². The van der Waals surface area contributed by atoms with Gasteiger partial charge in [0.25, 0.3) is 5.91 Å². The van der Waals surface area contributed by atoms with Crippen LogP contribution in [-0.2, 0) is 0 Å². The first-order chi connectivity index (χ1) is 8.74. The Labute approximate surface area is 108 Å². The summed E-state index contributed by atoms with van der Waals surface area (Å²) < 4.78 is 0. The average molecular weight is 247 g/mol. The second kappa shape index (κ2) is 5.85. The zero-order chi connectivity index (χ0) is 13.0. The monoisotopic (exact) mass is 247 g/mol. The number of piperidine rings is 1. The molecule has 1 unspecified atom stereocenters. The van der Waals surface area contributed by atoms with Crippen molar-refractivity contribution in [3.8, 4) is 0 Å². The van der Waals surface area contributed by atoms with Gasteiger partial charge in [0, 0.05) is 26.3 Å². The molecule has 1 aromatic heterocycles.